The van der Waals surface area contributed by atoms with Crippen LogP contribution in [-0.2, 0) is 6.42 Å². The second-order valence-corrected chi connectivity index (χ2v) is 5.63. The molecule has 0 radical (unpaired) electrons. The van der Waals surface area contributed by atoms with Crippen LogP contribution in [0.15, 0.2) is 59.1 Å². The molecule has 1 aromatic heterocycles. The van der Waals surface area contributed by atoms with Crippen LogP contribution in [0.5, 0.6) is 0 Å². The van der Waals surface area contributed by atoms with Gasteiger partial charge in [-0.2, -0.15) is 5.10 Å². The van der Waals surface area contributed by atoms with E-state index in [0.29, 0.717) is 11.2 Å². The molecule has 0 bridgehead atoms. The summed E-state index contributed by atoms with van der Waals surface area (Å²) in [6, 6.07) is 18.2. The van der Waals surface area contributed by atoms with Crippen LogP contribution in [0.25, 0.3) is 5.69 Å². The minimum Gasteiger partial charge on any atom is -0.272 e. The molecule has 1 heterocycles. The van der Waals surface area contributed by atoms with E-state index >= 15 is 0 Å². The molecule has 0 amide bonds. The summed E-state index contributed by atoms with van der Waals surface area (Å²) in [6.45, 7) is 0. The number of benzene rings is 2. The van der Waals surface area contributed by atoms with Crippen molar-refractivity contribution < 1.29 is 0 Å². The summed E-state index contributed by atoms with van der Waals surface area (Å²) in [5.74, 6) is 0.896. The van der Waals surface area contributed by atoms with Gasteiger partial charge in [-0.3, -0.25) is 9.67 Å². The molecule has 2 aromatic carbocycles. The van der Waals surface area contributed by atoms with Gasteiger partial charge in [-0.25, -0.2) is 0 Å². The first-order valence-electron chi connectivity index (χ1n) is 6.21. The van der Waals surface area contributed by atoms with Gasteiger partial charge in [0.1, 0.15) is 5.82 Å². The van der Waals surface area contributed by atoms with Gasteiger partial charge in [0, 0.05) is 16.6 Å². The molecule has 3 aromatic rings. The topological polar surface area (TPSA) is 33.6 Å². The fourth-order valence-corrected chi connectivity index (χ4v) is 2.78. The average Bonchev–Trinajstić information content (AvgIpc) is 2.83. The Bertz CT molecular complexity index is 777. The van der Waals surface area contributed by atoms with Gasteiger partial charge >= 0.3 is 0 Å². The van der Waals surface area contributed by atoms with Crippen LogP contribution in [0.1, 0.15) is 11.4 Å². The van der Waals surface area contributed by atoms with Crippen molar-refractivity contribution in [3.63, 3.8) is 0 Å². The van der Waals surface area contributed by atoms with Crippen LogP contribution in [0.4, 0.5) is 0 Å². The molecule has 0 spiro atoms. The monoisotopic (exact) mass is 345 g/mol. The van der Waals surface area contributed by atoms with Crippen molar-refractivity contribution in [3.8, 4) is 5.69 Å². The smallest absolute Gasteiger partial charge is 0.199 e. The zero-order valence-corrected chi connectivity index (χ0v) is 13.0. The summed E-state index contributed by atoms with van der Waals surface area (Å²) < 4.78 is 3.65. The number of nitrogens with one attached hydrogen (secondary N) is 1. The molecular formula is C15H12BrN3S. The molecule has 0 saturated carbocycles. The molecular weight excluding hydrogens is 334 g/mol. The minimum atomic E-state index is 0.609. The lowest BCUT2D eigenvalue weighted by Gasteiger charge is -2.07. The molecule has 0 aliphatic heterocycles. The first-order valence-corrected chi connectivity index (χ1v) is 7.41. The number of rotatable bonds is 3. The largest absolute Gasteiger partial charge is 0.272 e. The highest BCUT2D eigenvalue weighted by molar-refractivity contribution is 9.10. The quantitative estimate of drug-likeness (QED) is 0.718. The fraction of sp³-hybridized carbons (Fsp3) is 0.0667. The standard InChI is InChI=1S/C15H12BrN3S/c16-13-9-5-4-6-11(13)10-14-17-18-15(20)19(14)12-7-2-1-3-8-12/h1-9H,10H2,(H,18,20). The van der Waals surface area contributed by atoms with E-state index < -0.39 is 0 Å². The zero-order valence-electron chi connectivity index (χ0n) is 10.6. The summed E-state index contributed by atoms with van der Waals surface area (Å²) in [4.78, 5) is 0. The molecule has 0 aliphatic carbocycles. The van der Waals surface area contributed by atoms with E-state index in [1.165, 1.54) is 5.56 Å². The summed E-state index contributed by atoms with van der Waals surface area (Å²) in [5, 5.41) is 7.23. The molecule has 3 nitrogen and oxygen atoms in total. The van der Waals surface area contributed by atoms with E-state index in [-0.39, 0.29) is 0 Å². The van der Waals surface area contributed by atoms with Crippen molar-refractivity contribution in [3.05, 3.63) is 75.2 Å². The van der Waals surface area contributed by atoms with Crippen molar-refractivity contribution in [1.29, 1.82) is 0 Å². The first kappa shape index (κ1) is 13.3. The van der Waals surface area contributed by atoms with Gasteiger partial charge in [0.2, 0.25) is 0 Å². The molecule has 5 heteroatoms. The van der Waals surface area contributed by atoms with Gasteiger partial charge in [0.25, 0.3) is 0 Å². The van der Waals surface area contributed by atoms with E-state index in [9.17, 15) is 0 Å². The molecule has 20 heavy (non-hydrogen) atoms. The third-order valence-electron chi connectivity index (χ3n) is 3.06. The Kier molecular flexibility index (Phi) is 3.80. The third kappa shape index (κ3) is 2.59. The van der Waals surface area contributed by atoms with Crippen LogP contribution < -0.4 is 0 Å². The third-order valence-corrected chi connectivity index (χ3v) is 4.11. The summed E-state index contributed by atoms with van der Waals surface area (Å²) in [5.41, 5.74) is 2.20. The Balaban J connectivity index is 2.04. The van der Waals surface area contributed by atoms with Crippen molar-refractivity contribution in [2.45, 2.75) is 6.42 Å². The normalized spacial score (nSPS) is 10.7. The molecule has 0 saturated heterocycles. The number of hydrogen-bond acceptors (Lipinski definition) is 2. The van der Waals surface area contributed by atoms with E-state index in [4.69, 9.17) is 12.2 Å². The summed E-state index contributed by atoms with van der Waals surface area (Å²) >= 11 is 8.91. The predicted octanol–water partition coefficient (Wildman–Crippen LogP) is 4.28. The van der Waals surface area contributed by atoms with Gasteiger partial charge in [0.05, 0.1) is 0 Å². The SMILES string of the molecule is S=c1[nH]nc(Cc2ccccc2Br)n1-c1ccccc1. The molecule has 100 valence electrons. The Morgan fingerprint density at radius 2 is 1.75 bits per heavy atom. The second kappa shape index (κ2) is 5.73. The van der Waals surface area contributed by atoms with Crippen LogP contribution in [-0.4, -0.2) is 14.8 Å². The number of hydrogen-bond donors (Lipinski definition) is 1. The second-order valence-electron chi connectivity index (χ2n) is 4.38. The first-order chi connectivity index (χ1) is 9.75. The lowest BCUT2D eigenvalue weighted by molar-refractivity contribution is 0.900. The van der Waals surface area contributed by atoms with Gasteiger partial charge < -0.3 is 0 Å². The van der Waals surface area contributed by atoms with Gasteiger partial charge in [-0.15, -0.1) is 0 Å². The maximum absolute atomic E-state index is 5.34. The van der Waals surface area contributed by atoms with Crippen LogP contribution in [0, 0.1) is 4.77 Å². The Hall–Kier alpha value is -1.72. The number of aromatic amines is 1. The maximum atomic E-state index is 5.34. The van der Waals surface area contributed by atoms with Crippen molar-refractivity contribution in [2.75, 3.05) is 0 Å². The van der Waals surface area contributed by atoms with Crippen LogP contribution in [0.2, 0.25) is 0 Å². The summed E-state index contributed by atoms with van der Waals surface area (Å²) in [6.07, 6.45) is 0.712. The zero-order chi connectivity index (χ0) is 13.9. The van der Waals surface area contributed by atoms with Crippen LogP contribution >= 0.6 is 28.1 Å². The maximum Gasteiger partial charge on any atom is 0.199 e. The van der Waals surface area contributed by atoms with Crippen LogP contribution in [0.3, 0.4) is 0 Å². The number of H-pyrrole nitrogens is 1. The lowest BCUT2D eigenvalue weighted by Crippen LogP contribution is -2.02. The van der Waals surface area contributed by atoms with Gasteiger partial charge in [-0.1, -0.05) is 52.3 Å². The molecule has 0 unspecified atom stereocenters. The number of para-hydroxylation sites is 1. The highest BCUT2D eigenvalue weighted by Gasteiger charge is 2.10. The van der Waals surface area contributed by atoms with E-state index in [1.807, 2.05) is 53.1 Å². The van der Waals surface area contributed by atoms with Crippen molar-refractivity contribution in [1.82, 2.24) is 14.8 Å². The van der Waals surface area contributed by atoms with Gasteiger partial charge in [0.15, 0.2) is 4.77 Å². The molecule has 0 fully saturated rings. The molecule has 1 N–H and O–H groups in total. The van der Waals surface area contributed by atoms with Crippen molar-refractivity contribution >= 4 is 28.1 Å². The fourth-order valence-electron chi connectivity index (χ4n) is 2.10. The highest BCUT2D eigenvalue weighted by Crippen LogP contribution is 2.20. The van der Waals surface area contributed by atoms with Gasteiger partial charge in [-0.05, 0) is 36.0 Å². The van der Waals surface area contributed by atoms with E-state index in [1.54, 1.807) is 0 Å². The molecule has 3 rings (SSSR count). The number of aromatic nitrogens is 3. The number of nitrogens with zero attached hydrogens (tertiary/aromatic N) is 2. The minimum absolute atomic E-state index is 0.609. The Labute approximate surface area is 130 Å². The predicted molar refractivity (Wildman–Crippen MR) is 85.7 cm³/mol. The molecule has 0 atom stereocenters. The Morgan fingerprint density at radius 3 is 2.50 bits per heavy atom. The van der Waals surface area contributed by atoms with E-state index in [2.05, 4.69) is 32.2 Å². The van der Waals surface area contributed by atoms with E-state index in [0.717, 1.165) is 16.0 Å². The molecule has 0 aliphatic rings. The average molecular weight is 346 g/mol. The summed E-state index contributed by atoms with van der Waals surface area (Å²) in [7, 11) is 0. The number of halogens is 1. The Morgan fingerprint density at radius 1 is 1.05 bits per heavy atom. The van der Waals surface area contributed by atoms with Crippen molar-refractivity contribution in [2.24, 2.45) is 0 Å². The highest BCUT2D eigenvalue weighted by atomic mass is 79.9. The lowest BCUT2D eigenvalue weighted by atomic mass is 10.1.